The maximum atomic E-state index is 12.3. The lowest BCUT2D eigenvalue weighted by Gasteiger charge is -2.12. The number of halogens is 1. The van der Waals surface area contributed by atoms with Crippen LogP contribution < -0.4 is 10.2 Å². The van der Waals surface area contributed by atoms with Gasteiger partial charge in [-0.15, -0.1) is 0 Å². The Balaban J connectivity index is 1.72. The predicted octanol–water partition coefficient (Wildman–Crippen LogP) is 4.92. The molecule has 0 radical (unpaired) electrons. The molecule has 1 N–H and O–H groups in total. The number of benzene rings is 2. The van der Waals surface area contributed by atoms with E-state index in [9.17, 15) is 4.79 Å². The number of hydrogen-bond donors (Lipinski definition) is 1. The van der Waals surface area contributed by atoms with Crippen LogP contribution in [-0.2, 0) is 0 Å². The maximum Gasteiger partial charge on any atom is 0.291 e. The van der Waals surface area contributed by atoms with Crippen molar-refractivity contribution in [3.8, 4) is 11.3 Å². The van der Waals surface area contributed by atoms with Crippen molar-refractivity contribution < 1.29 is 9.21 Å². The van der Waals surface area contributed by atoms with Gasteiger partial charge in [0.05, 0.1) is 0 Å². The lowest BCUT2D eigenvalue weighted by Crippen LogP contribution is -2.11. The van der Waals surface area contributed by atoms with Crippen molar-refractivity contribution in [2.24, 2.45) is 0 Å². The van der Waals surface area contributed by atoms with Gasteiger partial charge in [-0.2, -0.15) is 0 Å². The van der Waals surface area contributed by atoms with Crippen LogP contribution in [0.3, 0.4) is 0 Å². The van der Waals surface area contributed by atoms with E-state index in [-0.39, 0.29) is 11.7 Å². The van der Waals surface area contributed by atoms with Crippen LogP contribution in [-0.4, -0.2) is 20.0 Å². The largest absolute Gasteiger partial charge is 0.451 e. The number of amides is 1. The molecule has 0 aliphatic heterocycles. The van der Waals surface area contributed by atoms with Gasteiger partial charge < -0.3 is 14.6 Å². The summed E-state index contributed by atoms with van der Waals surface area (Å²) >= 11 is 5.88. The van der Waals surface area contributed by atoms with Gasteiger partial charge in [0.25, 0.3) is 5.91 Å². The molecule has 122 valence electrons. The number of hydrogen-bond acceptors (Lipinski definition) is 3. The van der Waals surface area contributed by atoms with Crippen molar-refractivity contribution in [1.82, 2.24) is 0 Å². The van der Waals surface area contributed by atoms with Gasteiger partial charge in [0.1, 0.15) is 5.76 Å². The van der Waals surface area contributed by atoms with Crippen LogP contribution in [0.5, 0.6) is 0 Å². The first-order valence-electron chi connectivity index (χ1n) is 7.47. The number of nitrogens with zero attached hydrogens (tertiary/aromatic N) is 1. The van der Waals surface area contributed by atoms with Crippen LogP contribution in [0.2, 0.25) is 5.02 Å². The van der Waals surface area contributed by atoms with Crippen molar-refractivity contribution in [3.05, 3.63) is 71.4 Å². The first-order chi connectivity index (χ1) is 11.5. The molecule has 2 aromatic carbocycles. The van der Waals surface area contributed by atoms with Crippen molar-refractivity contribution in [2.75, 3.05) is 24.3 Å². The number of nitrogens with one attached hydrogen (secondary N) is 1. The molecule has 1 heterocycles. The lowest BCUT2D eigenvalue weighted by atomic mass is 10.2. The summed E-state index contributed by atoms with van der Waals surface area (Å²) in [5, 5.41) is 3.48. The topological polar surface area (TPSA) is 45.5 Å². The number of carbonyl (C=O) groups is 1. The molecular weight excluding hydrogens is 324 g/mol. The second-order valence-corrected chi connectivity index (χ2v) is 6.00. The summed E-state index contributed by atoms with van der Waals surface area (Å²) in [5.41, 5.74) is 2.65. The van der Waals surface area contributed by atoms with Crippen LogP contribution in [0.25, 0.3) is 11.3 Å². The van der Waals surface area contributed by atoms with Gasteiger partial charge in [-0.05, 0) is 60.7 Å². The Hall–Kier alpha value is -2.72. The highest BCUT2D eigenvalue weighted by atomic mass is 35.5. The van der Waals surface area contributed by atoms with Crippen molar-refractivity contribution in [3.63, 3.8) is 0 Å². The van der Waals surface area contributed by atoms with Crippen molar-refractivity contribution >= 4 is 28.9 Å². The van der Waals surface area contributed by atoms with Gasteiger partial charge in [-0.3, -0.25) is 4.79 Å². The molecule has 3 aromatic rings. The summed E-state index contributed by atoms with van der Waals surface area (Å²) in [6.07, 6.45) is 0. The SMILES string of the molecule is CN(C)c1ccc(NC(=O)c2ccc(-c3ccc(Cl)cc3)o2)cc1. The average molecular weight is 341 g/mol. The number of carbonyl (C=O) groups excluding carboxylic acids is 1. The Morgan fingerprint density at radius 3 is 2.25 bits per heavy atom. The molecular formula is C19H17ClN2O2. The van der Waals surface area contributed by atoms with E-state index in [0.717, 1.165) is 16.9 Å². The molecule has 0 saturated heterocycles. The van der Waals surface area contributed by atoms with Crippen molar-refractivity contribution in [1.29, 1.82) is 0 Å². The molecule has 0 bridgehead atoms. The summed E-state index contributed by atoms with van der Waals surface area (Å²) in [5.74, 6) is 0.601. The quantitative estimate of drug-likeness (QED) is 0.733. The molecule has 4 nitrogen and oxygen atoms in total. The van der Waals surface area contributed by atoms with Crippen LogP contribution in [0.4, 0.5) is 11.4 Å². The van der Waals surface area contributed by atoms with Crippen LogP contribution in [0, 0.1) is 0 Å². The Morgan fingerprint density at radius 2 is 1.62 bits per heavy atom. The molecule has 0 spiro atoms. The Bertz CT molecular complexity index is 837. The monoisotopic (exact) mass is 340 g/mol. The fourth-order valence-corrected chi connectivity index (χ4v) is 2.39. The Labute approximate surface area is 145 Å². The summed E-state index contributed by atoms with van der Waals surface area (Å²) in [6, 6.07) is 18.3. The molecule has 3 rings (SSSR count). The first-order valence-corrected chi connectivity index (χ1v) is 7.85. The minimum absolute atomic E-state index is 0.261. The third kappa shape index (κ3) is 3.60. The average Bonchev–Trinajstić information content (AvgIpc) is 3.06. The van der Waals surface area contributed by atoms with Gasteiger partial charge in [-0.1, -0.05) is 11.6 Å². The molecule has 0 aliphatic carbocycles. The highest BCUT2D eigenvalue weighted by Crippen LogP contribution is 2.24. The molecule has 24 heavy (non-hydrogen) atoms. The Kier molecular flexibility index (Phi) is 4.58. The molecule has 0 fully saturated rings. The van der Waals surface area contributed by atoms with Crippen molar-refractivity contribution in [2.45, 2.75) is 0 Å². The highest BCUT2D eigenvalue weighted by molar-refractivity contribution is 6.30. The van der Waals surface area contributed by atoms with E-state index in [4.69, 9.17) is 16.0 Å². The molecule has 5 heteroatoms. The molecule has 1 amide bonds. The zero-order chi connectivity index (χ0) is 17.1. The zero-order valence-electron chi connectivity index (χ0n) is 13.4. The Morgan fingerprint density at radius 1 is 0.958 bits per heavy atom. The van der Waals surface area contributed by atoms with Gasteiger partial charge in [0.2, 0.25) is 0 Å². The van der Waals surface area contributed by atoms with E-state index < -0.39 is 0 Å². The van der Waals surface area contributed by atoms with E-state index in [1.807, 2.05) is 55.4 Å². The molecule has 0 atom stereocenters. The highest BCUT2D eigenvalue weighted by Gasteiger charge is 2.12. The van der Waals surface area contributed by atoms with E-state index in [0.29, 0.717) is 10.8 Å². The molecule has 0 unspecified atom stereocenters. The van der Waals surface area contributed by atoms with Gasteiger partial charge in [0.15, 0.2) is 5.76 Å². The second-order valence-electron chi connectivity index (χ2n) is 5.57. The van der Waals surface area contributed by atoms with Gasteiger partial charge >= 0.3 is 0 Å². The maximum absolute atomic E-state index is 12.3. The third-order valence-corrected chi connectivity index (χ3v) is 3.85. The van der Waals surface area contributed by atoms with E-state index in [2.05, 4.69) is 5.32 Å². The second kappa shape index (κ2) is 6.81. The normalized spacial score (nSPS) is 10.5. The predicted molar refractivity (Wildman–Crippen MR) is 97.9 cm³/mol. The van der Waals surface area contributed by atoms with E-state index >= 15 is 0 Å². The number of furan rings is 1. The minimum atomic E-state index is -0.284. The third-order valence-electron chi connectivity index (χ3n) is 3.60. The number of anilines is 2. The zero-order valence-corrected chi connectivity index (χ0v) is 14.2. The molecule has 0 saturated carbocycles. The minimum Gasteiger partial charge on any atom is -0.451 e. The smallest absolute Gasteiger partial charge is 0.291 e. The summed E-state index contributed by atoms with van der Waals surface area (Å²) < 4.78 is 5.64. The molecule has 1 aromatic heterocycles. The van der Waals surface area contributed by atoms with E-state index in [1.165, 1.54) is 0 Å². The molecule has 0 aliphatic rings. The van der Waals surface area contributed by atoms with Gasteiger partial charge in [-0.25, -0.2) is 0 Å². The van der Waals surface area contributed by atoms with E-state index in [1.54, 1.807) is 24.3 Å². The standard InChI is InChI=1S/C19H17ClN2O2/c1-22(2)16-9-7-15(8-10-16)21-19(23)18-12-11-17(24-18)13-3-5-14(20)6-4-13/h3-12H,1-2H3,(H,21,23). The fourth-order valence-electron chi connectivity index (χ4n) is 2.26. The van der Waals surface area contributed by atoms with Crippen LogP contribution in [0.15, 0.2) is 65.1 Å². The van der Waals surface area contributed by atoms with Crippen LogP contribution >= 0.6 is 11.6 Å². The van der Waals surface area contributed by atoms with Gasteiger partial charge in [0, 0.05) is 36.1 Å². The van der Waals surface area contributed by atoms with Crippen LogP contribution in [0.1, 0.15) is 10.6 Å². The first kappa shape index (κ1) is 16.1. The lowest BCUT2D eigenvalue weighted by molar-refractivity contribution is 0.0997. The number of rotatable bonds is 4. The summed E-state index contributed by atoms with van der Waals surface area (Å²) in [6.45, 7) is 0. The summed E-state index contributed by atoms with van der Waals surface area (Å²) in [4.78, 5) is 14.3. The summed E-state index contributed by atoms with van der Waals surface area (Å²) in [7, 11) is 3.93. The fraction of sp³-hybridized carbons (Fsp3) is 0.105.